The Labute approximate surface area is 138 Å². The van der Waals surface area contributed by atoms with Crippen LogP contribution in [0.5, 0.6) is 0 Å². The minimum Gasteiger partial charge on any atom is -0.333 e. The molecule has 0 aliphatic carbocycles. The summed E-state index contributed by atoms with van der Waals surface area (Å²) in [6, 6.07) is 9.88. The van der Waals surface area contributed by atoms with Gasteiger partial charge in [-0.25, -0.2) is 12.7 Å². The molecule has 2 rings (SSSR count). The third kappa shape index (κ3) is 4.53. The van der Waals surface area contributed by atoms with Crippen LogP contribution in [-0.4, -0.2) is 75.0 Å². The second-order valence-corrected chi connectivity index (χ2v) is 8.43. The van der Waals surface area contributed by atoms with E-state index in [0.717, 1.165) is 18.7 Å². The van der Waals surface area contributed by atoms with Crippen LogP contribution >= 0.6 is 0 Å². The number of piperazine rings is 1. The number of sulfonamides is 1. The molecule has 1 atom stereocenters. The van der Waals surface area contributed by atoms with E-state index in [0.29, 0.717) is 6.54 Å². The fourth-order valence-corrected chi connectivity index (χ4v) is 3.52. The van der Waals surface area contributed by atoms with E-state index in [2.05, 4.69) is 4.90 Å². The summed E-state index contributed by atoms with van der Waals surface area (Å²) in [6.07, 6.45) is 0.0214. The fourth-order valence-electron chi connectivity index (χ4n) is 2.72. The van der Waals surface area contributed by atoms with Crippen LogP contribution in [0.25, 0.3) is 0 Å². The van der Waals surface area contributed by atoms with Crippen molar-refractivity contribution in [3.05, 3.63) is 35.9 Å². The van der Waals surface area contributed by atoms with Gasteiger partial charge in [0.1, 0.15) is 0 Å². The van der Waals surface area contributed by atoms with Crippen LogP contribution in [0.4, 0.5) is 0 Å². The first-order valence-corrected chi connectivity index (χ1v) is 9.35. The molecular formula is C16H25N3O3S. The molecule has 1 heterocycles. The standard InChI is InChI=1S/C16H25N3O3S/c1-17(2)23(21,22)12-9-16(20)19-11-10-18(3)13-15(19)14-7-5-4-6-8-14/h4-8,15H,9-13H2,1-3H3/t15-/m0/s1. The molecule has 0 unspecified atom stereocenters. The van der Waals surface area contributed by atoms with Gasteiger partial charge >= 0.3 is 0 Å². The Kier molecular flexibility index (Phi) is 5.78. The number of carbonyl (C=O) groups is 1. The number of amides is 1. The number of carbonyl (C=O) groups excluding carboxylic acids is 1. The first-order chi connectivity index (χ1) is 10.8. The quantitative estimate of drug-likeness (QED) is 0.795. The van der Waals surface area contributed by atoms with E-state index < -0.39 is 10.0 Å². The monoisotopic (exact) mass is 339 g/mol. The summed E-state index contributed by atoms with van der Waals surface area (Å²) in [5.41, 5.74) is 1.09. The Morgan fingerprint density at radius 3 is 2.48 bits per heavy atom. The van der Waals surface area contributed by atoms with Crippen molar-refractivity contribution in [2.24, 2.45) is 0 Å². The van der Waals surface area contributed by atoms with E-state index in [1.165, 1.54) is 18.4 Å². The van der Waals surface area contributed by atoms with Crippen molar-refractivity contribution in [2.75, 3.05) is 46.5 Å². The molecule has 0 saturated carbocycles. The predicted molar refractivity (Wildman–Crippen MR) is 90.5 cm³/mol. The second-order valence-electron chi connectivity index (χ2n) is 6.12. The van der Waals surface area contributed by atoms with Crippen LogP contribution in [0, 0.1) is 0 Å². The fraction of sp³-hybridized carbons (Fsp3) is 0.562. The van der Waals surface area contributed by atoms with Gasteiger partial charge in [-0.15, -0.1) is 0 Å². The van der Waals surface area contributed by atoms with Crippen molar-refractivity contribution >= 4 is 15.9 Å². The van der Waals surface area contributed by atoms with Gasteiger partial charge in [-0.1, -0.05) is 30.3 Å². The van der Waals surface area contributed by atoms with Gasteiger partial charge in [0.25, 0.3) is 0 Å². The Morgan fingerprint density at radius 2 is 1.87 bits per heavy atom. The maximum atomic E-state index is 12.6. The van der Waals surface area contributed by atoms with Gasteiger partial charge in [0.15, 0.2) is 0 Å². The Bertz CT molecular complexity index is 631. The lowest BCUT2D eigenvalue weighted by atomic mass is 10.0. The average Bonchev–Trinajstić information content (AvgIpc) is 2.53. The molecule has 0 aromatic heterocycles. The SMILES string of the molecule is CN1CCN(C(=O)CCS(=O)(=O)N(C)C)[C@H](c2ccccc2)C1. The molecule has 1 aliphatic rings. The first kappa shape index (κ1) is 17.9. The smallest absolute Gasteiger partial charge is 0.224 e. The van der Waals surface area contributed by atoms with Crippen molar-refractivity contribution in [2.45, 2.75) is 12.5 Å². The molecule has 1 aromatic rings. The van der Waals surface area contributed by atoms with Crippen LogP contribution in [0.3, 0.4) is 0 Å². The molecule has 1 amide bonds. The number of rotatable bonds is 5. The highest BCUT2D eigenvalue weighted by molar-refractivity contribution is 7.89. The molecule has 128 valence electrons. The van der Waals surface area contributed by atoms with Gasteiger partial charge in [-0.05, 0) is 12.6 Å². The zero-order chi connectivity index (χ0) is 17.0. The van der Waals surface area contributed by atoms with E-state index in [4.69, 9.17) is 0 Å². The van der Waals surface area contributed by atoms with Gasteiger partial charge in [0.05, 0.1) is 11.8 Å². The molecule has 1 aromatic carbocycles. The molecule has 1 saturated heterocycles. The van der Waals surface area contributed by atoms with E-state index in [9.17, 15) is 13.2 Å². The zero-order valence-corrected chi connectivity index (χ0v) is 14.8. The molecule has 0 spiro atoms. The second kappa shape index (κ2) is 7.42. The molecule has 0 bridgehead atoms. The summed E-state index contributed by atoms with van der Waals surface area (Å²) in [6.45, 7) is 2.18. The van der Waals surface area contributed by atoms with Crippen molar-refractivity contribution in [1.29, 1.82) is 0 Å². The summed E-state index contributed by atoms with van der Waals surface area (Å²) >= 11 is 0. The van der Waals surface area contributed by atoms with Gasteiger partial charge in [-0.2, -0.15) is 0 Å². The Morgan fingerprint density at radius 1 is 1.22 bits per heavy atom. The summed E-state index contributed by atoms with van der Waals surface area (Å²) in [4.78, 5) is 16.6. The minimum absolute atomic E-state index is 0.0214. The third-order valence-electron chi connectivity index (χ3n) is 4.22. The molecule has 23 heavy (non-hydrogen) atoms. The van der Waals surface area contributed by atoms with Crippen molar-refractivity contribution in [3.63, 3.8) is 0 Å². The van der Waals surface area contributed by atoms with Crippen molar-refractivity contribution in [1.82, 2.24) is 14.1 Å². The molecule has 1 fully saturated rings. The van der Waals surface area contributed by atoms with Gasteiger partial charge in [0, 0.05) is 40.2 Å². The predicted octanol–water partition coefficient (Wildman–Crippen LogP) is 0.783. The number of hydrogen-bond acceptors (Lipinski definition) is 4. The summed E-state index contributed by atoms with van der Waals surface area (Å²) in [5.74, 6) is -0.246. The number of likely N-dealkylation sites (N-methyl/N-ethyl adjacent to an activating group) is 1. The Balaban J connectivity index is 2.10. The number of nitrogens with zero attached hydrogens (tertiary/aromatic N) is 3. The van der Waals surface area contributed by atoms with Crippen molar-refractivity contribution in [3.8, 4) is 0 Å². The molecule has 7 heteroatoms. The molecule has 0 N–H and O–H groups in total. The lowest BCUT2D eigenvalue weighted by Gasteiger charge is -2.40. The minimum atomic E-state index is -3.35. The van der Waals surface area contributed by atoms with Gasteiger partial charge < -0.3 is 9.80 Å². The van der Waals surface area contributed by atoms with Crippen LogP contribution < -0.4 is 0 Å². The highest BCUT2D eigenvalue weighted by Gasteiger charge is 2.30. The van der Waals surface area contributed by atoms with E-state index >= 15 is 0 Å². The van der Waals surface area contributed by atoms with Crippen LogP contribution in [-0.2, 0) is 14.8 Å². The van der Waals surface area contributed by atoms with E-state index in [-0.39, 0.29) is 24.1 Å². The maximum Gasteiger partial charge on any atom is 0.224 e. The number of hydrogen-bond donors (Lipinski definition) is 0. The molecule has 1 aliphatic heterocycles. The normalized spacial score (nSPS) is 20.0. The number of benzene rings is 1. The maximum absolute atomic E-state index is 12.6. The topological polar surface area (TPSA) is 60.9 Å². The van der Waals surface area contributed by atoms with Gasteiger partial charge in [-0.3, -0.25) is 4.79 Å². The zero-order valence-electron chi connectivity index (χ0n) is 14.0. The molecule has 6 nitrogen and oxygen atoms in total. The lowest BCUT2D eigenvalue weighted by molar-refractivity contribution is -0.135. The third-order valence-corrected chi connectivity index (χ3v) is 6.05. The van der Waals surface area contributed by atoms with Crippen LogP contribution in [0.2, 0.25) is 0 Å². The summed E-state index contributed by atoms with van der Waals surface area (Å²) in [7, 11) is 1.66. The van der Waals surface area contributed by atoms with E-state index in [1.54, 1.807) is 0 Å². The lowest BCUT2D eigenvalue weighted by Crippen LogP contribution is -2.49. The molecule has 0 radical (unpaired) electrons. The van der Waals surface area contributed by atoms with Crippen LogP contribution in [0.1, 0.15) is 18.0 Å². The highest BCUT2D eigenvalue weighted by atomic mass is 32.2. The Hall–Kier alpha value is -1.44. The van der Waals surface area contributed by atoms with E-state index in [1.807, 2.05) is 42.3 Å². The average molecular weight is 339 g/mol. The van der Waals surface area contributed by atoms with Gasteiger partial charge in [0.2, 0.25) is 15.9 Å². The summed E-state index contributed by atoms with van der Waals surface area (Å²) in [5, 5.41) is 0. The van der Waals surface area contributed by atoms with Crippen molar-refractivity contribution < 1.29 is 13.2 Å². The first-order valence-electron chi connectivity index (χ1n) is 7.74. The largest absolute Gasteiger partial charge is 0.333 e. The molecular weight excluding hydrogens is 314 g/mol. The van der Waals surface area contributed by atoms with Crippen LogP contribution in [0.15, 0.2) is 30.3 Å². The summed E-state index contributed by atoms with van der Waals surface area (Å²) < 4.78 is 24.9. The highest BCUT2D eigenvalue weighted by Crippen LogP contribution is 2.25.